The zero-order valence-electron chi connectivity index (χ0n) is 12.6. The zero-order valence-corrected chi connectivity index (χ0v) is 13.4. The number of benzene rings is 1. The van der Waals surface area contributed by atoms with Crippen molar-refractivity contribution in [3.8, 4) is 5.75 Å². The second kappa shape index (κ2) is 6.83. The first-order chi connectivity index (χ1) is 9.55. The maximum absolute atomic E-state index is 9.11. The Morgan fingerprint density at radius 2 is 2.25 bits per heavy atom. The minimum Gasteiger partial charge on any atom is -0.487 e. The summed E-state index contributed by atoms with van der Waals surface area (Å²) in [5.41, 5.74) is 2.43. The molecule has 20 heavy (non-hydrogen) atoms. The first-order valence-corrected chi connectivity index (χ1v) is 8.58. The molecule has 1 aliphatic heterocycles. The van der Waals surface area contributed by atoms with Crippen molar-refractivity contribution in [3.63, 3.8) is 0 Å². The van der Waals surface area contributed by atoms with Gasteiger partial charge in [0.05, 0.1) is 0 Å². The van der Waals surface area contributed by atoms with Crippen LogP contribution in [0.4, 0.5) is 0 Å². The van der Waals surface area contributed by atoms with Gasteiger partial charge in [0, 0.05) is 36.9 Å². The Morgan fingerprint density at radius 3 is 2.95 bits per heavy atom. The van der Waals surface area contributed by atoms with Crippen molar-refractivity contribution in [2.75, 3.05) is 18.6 Å². The molecule has 0 radical (unpaired) electrons. The maximum atomic E-state index is 9.11. The minimum atomic E-state index is -0.0950. The van der Waals surface area contributed by atoms with Gasteiger partial charge in [0.2, 0.25) is 0 Å². The fourth-order valence-corrected chi connectivity index (χ4v) is 3.36. The van der Waals surface area contributed by atoms with Gasteiger partial charge < -0.3 is 15.2 Å². The second-order valence-corrected chi connectivity index (χ2v) is 6.90. The van der Waals surface area contributed by atoms with Gasteiger partial charge in [-0.1, -0.05) is 18.2 Å². The van der Waals surface area contributed by atoms with Crippen LogP contribution in [0, 0.1) is 0 Å². The summed E-state index contributed by atoms with van der Waals surface area (Å²) in [6, 6.07) is 6.74. The third kappa shape index (κ3) is 3.90. The number of thioether (sulfide) groups is 1. The largest absolute Gasteiger partial charge is 0.487 e. The molecule has 0 aliphatic carbocycles. The van der Waals surface area contributed by atoms with Crippen LogP contribution < -0.4 is 10.1 Å². The number of rotatable bonds is 7. The fraction of sp³-hybridized carbons (Fsp3) is 0.625. The summed E-state index contributed by atoms with van der Waals surface area (Å²) in [4.78, 5) is 0. The fourth-order valence-electron chi connectivity index (χ4n) is 2.67. The van der Waals surface area contributed by atoms with Crippen molar-refractivity contribution in [2.45, 2.75) is 44.9 Å². The van der Waals surface area contributed by atoms with Crippen molar-refractivity contribution in [1.82, 2.24) is 5.32 Å². The van der Waals surface area contributed by atoms with Crippen molar-refractivity contribution in [1.29, 1.82) is 0 Å². The molecule has 0 fully saturated rings. The van der Waals surface area contributed by atoms with Gasteiger partial charge in [-0.25, -0.2) is 0 Å². The summed E-state index contributed by atoms with van der Waals surface area (Å²) < 4.78 is 6.08. The molecule has 0 spiro atoms. The number of ether oxygens (including phenoxy) is 1. The lowest BCUT2D eigenvalue weighted by molar-refractivity contribution is 0.137. The molecular weight excluding hydrogens is 270 g/mol. The molecule has 4 heteroatoms. The summed E-state index contributed by atoms with van der Waals surface area (Å²) in [5, 5.41) is 12.6. The minimum absolute atomic E-state index is 0.0950. The van der Waals surface area contributed by atoms with Gasteiger partial charge in [-0.05, 0) is 32.1 Å². The van der Waals surface area contributed by atoms with Gasteiger partial charge in [0.15, 0.2) is 0 Å². The van der Waals surface area contributed by atoms with E-state index in [1.165, 1.54) is 11.1 Å². The molecule has 0 aromatic heterocycles. The number of hydrogen-bond acceptors (Lipinski definition) is 4. The standard InChI is InChI=1S/C16H25NO2S/c1-16(2)9-12-5-4-6-13(15(12)19-16)10-17-14(7-8-18)11-20-3/h4-6,14,17-18H,7-11H2,1-3H3. The molecule has 1 aliphatic rings. The van der Waals surface area contributed by atoms with Crippen LogP contribution in [0.15, 0.2) is 18.2 Å². The molecule has 2 rings (SSSR count). The predicted molar refractivity (Wildman–Crippen MR) is 85.6 cm³/mol. The number of aliphatic hydroxyl groups is 1. The average molecular weight is 295 g/mol. The Bertz CT molecular complexity index is 442. The van der Waals surface area contributed by atoms with E-state index in [0.29, 0.717) is 6.04 Å². The van der Waals surface area contributed by atoms with E-state index >= 15 is 0 Å². The third-order valence-electron chi connectivity index (χ3n) is 3.60. The van der Waals surface area contributed by atoms with Crippen LogP contribution in [0.2, 0.25) is 0 Å². The molecule has 1 unspecified atom stereocenters. The maximum Gasteiger partial charge on any atom is 0.127 e. The smallest absolute Gasteiger partial charge is 0.127 e. The normalized spacial score (nSPS) is 17.6. The predicted octanol–water partition coefficient (Wildman–Crippen LogP) is 2.60. The van der Waals surface area contributed by atoms with Gasteiger partial charge >= 0.3 is 0 Å². The van der Waals surface area contributed by atoms with E-state index in [0.717, 1.165) is 30.9 Å². The topological polar surface area (TPSA) is 41.5 Å². The molecular formula is C16H25NO2S. The monoisotopic (exact) mass is 295 g/mol. The molecule has 0 bridgehead atoms. The zero-order chi connectivity index (χ0) is 14.6. The summed E-state index contributed by atoms with van der Waals surface area (Å²) in [6.45, 7) is 5.29. The average Bonchev–Trinajstić information content (AvgIpc) is 2.71. The molecule has 1 heterocycles. The SMILES string of the molecule is CSCC(CCO)NCc1cccc2c1OC(C)(C)C2. The van der Waals surface area contributed by atoms with E-state index in [4.69, 9.17) is 9.84 Å². The van der Waals surface area contributed by atoms with Crippen LogP contribution >= 0.6 is 11.8 Å². The number of hydrogen-bond donors (Lipinski definition) is 2. The van der Waals surface area contributed by atoms with E-state index < -0.39 is 0 Å². The summed E-state index contributed by atoms with van der Waals surface area (Å²) in [5.74, 6) is 2.07. The molecule has 1 aromatic carbocycles. The van der Waals surface area contributed by atoms with Crippen molar-refractivity contribution < 1.29 is 9.84 Å². The second-order valence-electron chi connectivity index (χ2n) is 5.99. The lowest BCUT2D eigenvalue weighted by Crippen LogP contribution is -2.32. The molecule has 2 N–H and O–H groups in total. The molecule has 3 nitrogen and oxygen atoms in total. The van der Waals surface area contributed by atoms with Crippen LogP contribution in [-0.4, -0.2) is 35.4 Å². The lowest BCUT2D eigenvalue weighted by atomic mass is 10.0. The van der Waals surface area contributed by atoms with Crippen molar-refractivity contribution >= 4 is 11.8 Å². The van der Waals surface area contributed by atoms with Crippen LogP contribution in [-0.2, 0) is 13.0 Å². The van der Waals surface area contributed by atoms with Gasteiger partial charge in [-0.3, -0.25) is 0 Å². The lowest BCUT2D eigenvalue weighted by Gasteiger charge is -2.20. The highest BCUT2D eigenvalue weighted by atomic mass is 32.2. The molecule has 0 saturated carbocycles. The van der Waals surface area contributed by atoms with Crippen molar-refractivity contribution in [3.05, 3.63) is 29.3 Å². The highest BCUT2D eigenvalue weighted by Crippen LogP contribution is 2.37. The van der Waals surface area contributed by atoms with E-state index in [9.17, 15) is 0 Å². The Kier molecular flexibility index (Phi) is 5.35. The van der Waals surface area contributed by atoms with Gasteiger partial charge in [0.25, 0.3) is 0 Å². The Labute approximate surface area is 126 Å². The van der Waals surface area contributed by atoms with E-state index in [-0.39, 0.29) is 12.2 Å². The third-order valence-corrected chi connectivity index (χ3v) is 4.33. The van der Waals surface area contributed by atoms with Crippen LogP contribution in [0.5, 0.6) is 5.75 Å². The highest BCUT2D eigenvalue weighted by Gasteiger charge is 2.31. The molecule has 1 atom stereocenters. The quantitative estimate of drug-likeness (QED) is 0.811. The number of para-hydroxylation sites is 1. The first kappa shape index (κ1) is 15.7. The number of fused-ring (bicyclic) bond motifs is 1. The highest BCUT2D eigenvalue weighted by molar-refractivity contribution is 7.98. The van der Waals surface area contributed by atoms with E-state index in [1.54, 1.807) is 11.8 Å². The summed E-state index contributed by atoms with van der Waals surface area (Å²) in [6.07, 6.45) is 3.86. The molecule has 112 valence electrons. The Balaban J connectivity index is 2.02. The van der Waals surface area contributed by atoms with E-state index in [1.807, 2.05) is 0 Å². The van der Waals surface area contributed by atoms with Gasteiger partial charge in [-0.2, -0.15) is 11.8 Å². The van der Waals surface area contributed by atoms with Gasteiger partial charge in [0.1, 0.15) is 11.4 Å². The first-order valence-electron chi connectivity index (χ1n) is 7.18. The Hall–Kier alpha value is -0.710. The Morgan fingerprint density at radius 1 is 1.45 bits per heavy atom. The van der Waals surface area contributed by atoms with Crippen LogP contribution in [0.3, 0.4) is 0 Å². The molecule has 1 aromatic rings. The number of aliphatic hydroxyl groups excluding tert-OH is 1. The summed E-state index contributed by atoms with van der Waals surface area (Å²) >= 11 is 1.81. The molecule has 0 saturated heterocycles. The van der Waals surface area contributed by atoms with Crippen LogP contribution in [0.25, 0.3) is 0 Å². The summed E-state index contributed by atoms with van der Waals surface area (Å²) in [7, 11) is 0. The number of nitrogens with one attached hydrogen (secondary N) is 1. The van der Waals surface area contributed by atoms with Gasteiger partial charge in [-0.15, -0.1) is 0 Å². The van der Waals surface area contributed by atoms with Crippen molar-refractivity contribution in [2.24, 2.45) is 0 Å². The van der Waals surface area contributed by atoms with Crippen LogP contribution in [0.1, 0.15) is 31.4 Å². The molecule has 0 amide bonds. The van der Waals surface area contributed by atoms with E-state index in [2.05, 4.69) is 43.6 Å².